The lowest BCUT2D eigenvalue weighted by Gasteiger charge is -2.22. The number of ether oxygens (including phenoxy) is 1. The van der Waals surface area contributed by atoms with E-state index in [4.69, 9.17) is 5.11 Å². The van der Waals surface area contributed by atoms with E-state index >= 15 is 0 Å². The van der Waals surface area contributed by atoms with Gasteiger partial charge in [0.15, 0.2) is 0 Å². The van der Waals surface area contributed by atoms with Crippen LogP contribution in [0.5, 0.6) is 5.75 Å². The summed E-state index contributed by atoms with van der Waals surface area (Å²) in [6, 6.07) is 5.48. The topological polar surface area (TPSA) is 41.5 Å². The molecule has 2 N–H and O–H groups in total. The van der Waals surface area contributed by atoms with Gasteiger partial charge in [-0.1, -0.05) is 32.0 Å². The van der Waals surface area contributed by atoms with E-state index in [0.717, 1.165) is 0 Å². The van der Waals surface area contributed by atoms with E-state index in [9.17, 15) is 8.78 Å². The summed E-state index contributed by atoms with van der Waals surface area (Å²) in [6.07, 6.45) is 0.633. The highest BCUT2D eigenvalue weighted by Gasteiger charge is 2.15. The lowest BCUT2D eigenvalue weighted by atomic mass is 10.0. The number of aliphatic hydroxyl groups is 1. The van der Waals surface area contributed by atoms with Crippen molar-refractivity contribution in [2.24, 2.45) is 5.92 Å². The van der Waals surface area contributed by atoms with Crippen LogP contribution in [0.4, 0.5) is 8.78 Å². The molecule has 5 heteroatoms. The van der Waals surface area contributed by atoms with Gasteiger partial charge in [-0.15, -0.1) is 0 Å². The van der Waals surface area contributed by atoms with Gasteiger partial charge >= 0.3 is 6.61 Å². The van der Waals surface area contributed by atoms with E-state index in [-0.39, 0.29) is 18.4 Å². The number of rotatable bonds is 8. The summed E-state index contributed by atoms with van der Waals surface area (Å²) in [5, 5.41) is 12.3. The number of nitrogens with one attached hydrogen (secondary N) is 1. The summed E-state index contributed by atoms with van der Waals surface area (Å²) >= 11 is 0. The first kappa shape index (κ1) is 16.9. The minimum Gasteiger partial charge on any atom is -0.434 e. The average molecular weight is 287 g/mol. The number of benzene rings is 1. The van der Waals surface area contributed by atoms with Crippen molar-refractivity contribution in [1.29, 1.82) is 0 Å². The average Bonchev–Trinajstić information content (AvgIpc) is 2.37. The van der Waals surface area contributed by atoms with Crippen molar-refractivity contribution in [3.05, 3.63) is 29.3 Å². The van der Waals surface area contributed by atoms with Crippen LogP contribution in [0, 0.1) is 12.8 Å². The second kappa shape index (κ2) is 8.17. The number of hydrogen-bond donors (Lipinski definition) is 2. The number of halogens is 2. The first-order valence-corrected chi connectivity index (χ1v) is 6.83. The molecule has 0 saturated carbocycles. The highest BCUT2D eigenvalue weighted by molar-refractivity contribution is 5.40. The van der Waals surface area contributed by atoms with Crippen LogP contribution in [0.3, 0.4) is 0 Å². The first-order valence-electron chi connectivity index (χ1n) is 6.83. The molecule has 0 bridgehead atoms. The van der Waals surface area contributed by atoms with Gasteiger partial charge in [-0.2, -0.15) is 8.78 Å². The third kappa shape index (κ3) is 5.06. The largest absolute Gasteiger partial charge is 0.434 e. The SMILES string of the molecule is Cc1cccc(CNC(CCO)C(C)C)c1OC(F)F. The Bertz CT molecular complexity index is 411. The monoisotopic (exact) mass is 287 g/mol. The maximum Gasteiger partial charge on any atom is 0.387 e. The number of alkyl halides is 2. The van der Waals surface area contributed by atoms with Gasteiger partial charge in [0, 0.05) is 24.8 Å². The van der Waals surface area contributed by atoms with Crippen LogP contribution in [-0.2, 0) is 6.54 Å². The maximum absolute atomic E-state index is 12.5. The molecule has 0 heterocycles. The van der Waals surface area contributed by atoms with Gasteiger partial charge in [0.1, 0.15) is 5.75 Å². The van der Waals surface area contributed by atoms with Crippen LogP contribution in [0.1, 0.15) is 31.4 Å². The first-order chi connectivity index (χ1) is 9.45. The van der Waals surface area contributed by atoms with Crippen LogP contribution in [-0.4, -0.2) is 24.4 Å². The van der Waals surface area contributed by atoms with E-state index in [2.05, 4.69) is 23.9 Å². The fourth-order valence-corrected chi connectivity index (χ4v) is 2.16. The smallest absolute Gasteiger partial charge is 0.387 e. The van der Waals surface area contributed by atoms with Crippen LogP contribution in [0.2, 0.25) is 0 Å². The minimum atomic E-state index is -2.83. The van der Waals surface area contributed by atoms with E-state index < -0.39 is 6.61 Å². The Morgan fingerprint density at radius 2 is 2.00 bits per heavy atom. The standard InChI is InChI=1S/C15H23F2NO2/c1-10(2)13(7-8-19)18-9-12-6-4-5-11(3)14(12)20-15(16)17/h4-6,10,13,15,18-19H,7-9H2,1-3H3. The van der Waals surface area contributed by atoms with Crippen molar-refractivity contribution in [1.82, 2.24) is 5.32 Å². The van der Waals surface area contributed by atoms with E-state index in [0.29, 0.717) is 30.0 Å². The molecule has 0 aliphatic rings. The van der Waals surface area contributed by atoms with Gasteiger partial charge in [0.2, 0.25) is 0 Å². The zero-order valence-electron chi connectivity index (χ0n) is 12.2. The van der Waals surface area contributed by atoms with Crippen molar-refractivity contribution in [2.75, 3.05) is 6.61 Å². The summed E-state index contributed by atoms with van der Waals surface area (Å²) in [7, 11) is 0. The third-order valence-corrected chi connectivity index (χ3v) is 3.30. The normalized spacial score (nSPS) is 13.0. The Hall–Kier alpha value is -1.20. The molecule has 0 fully saturated rings. The van der Waals surface area contributed by atoms with Gasteiger partial charge in [0.05, 0.1) is 0 Å². The summed E-state index contributed by atoms with van der Waals surface area (Å²) in [5.41, 5.74) is 1.39. The van der Waals surface area contributed by atoms with E-state index in [1.54, 1.807) is 19.1 Å². The van der Waals surface area contributed by atoms with Gasteiger partial charge in [-0.05, 0) is 24.8 Å². The van der Waals surface area contributed by atoms with Crippen LogP contribution < -0.4 is 10.1 Å². The van der Waals surface area contributed by atoms with Crippen molar-refractivity contribution < 1.29 is 18.6 Å². The Morgan fingerprint density at radius 3 is 2.55 bits per heavy atom. The molecule has 1 unspecified atom stereocenters. The number of para-hydroxylation sites is 1. The quantitative estimate of drug-likeness (QED) is 0.772. The Labute approximate surface area is 119 Å². The fraction of sp³-hybridized carbons (Fsp3) is 0.600. The summed E-state index contributed by atoms with van der Waals surface area (Å²) in [5.74, 6) is 0.591. The molecule has 0 saturated heterocycles. The highest BCUT2D eigenvalue weighted by atomic mass is 19.3. The molecule has 3 nitrogen and oxygen atoms in total. The molecule has 1 atom stereocenters. The predicted octanol–water partition coefficient (Wildman–Crippen LogP) is 3.09. The minimum absolute atomic E-state index is 0.101. The Balaban J connectivity index is 2.78. The molecule has 1 aromatic rings. The lowest BCUT2D eigenvalue weighted by Crippen LogP contribution is -2.34. The molecule has 1 rings (SSSR count). The van der Waals surface area contributed by atoms with Crippen molar-refractivity contribution in [3.8, 4) is 5.75 Å². The van der Waals surface area contributed by atoms with Crippen molar-refractivity contribution in [3.63, 3.8) is 0 Å². The number of hydrogen-bond acceptors (Lipinski definition) is 3. The van der Waals surface area contributed by atoms with Gasteiger partial charge in [-0.3, -0.25) is 0 Å². The second-order valence-corrected chi connectivity index (χ2v) is 5.19. The van der Waals surface area contributed by atoms with Crippen LogP contribution in [0.15, 0.2) is 18.2 Å². The number of aryl methyl sites for hydroxylation is 1. The van der Waals surface area contributed by atoms with Crippen LogP contribution in [0.25, 0.3) is 0 Å². The number of aliphatic hydroxyl groups excluding tert-OH is 1. The zero-order valence-corrected chi connectivity index (χ0v) is 12.2. The highest BCUT2D eigenvalue weighted by Crippen LogP contribution is 2.25. The summed E-state index contributed by atoms with van der Waals surface area (Å²) in [6.45, 7) is 3.57. The molecular formula is C15H23F2NO2. The van der Waals surface area contributed by atoms with Crippen molar-refractivity contribution in [2.45, 2.75) is 46.4 Å². The molecule has 1 aromatic carbocycles. The molecule has 0 amide bonds. The second-order valence-electron chi connectivity index (χ2n) is 5.19. The van der Waals surface area contributed by atoms with E-state index in [1.807, 2.05) is 6.07 Å². The molecule has 114 valence electrons. The summed E-state index contributed by atoms with van der Waals surface area (Å²) < 4.78 is 29.5. The maximum atomic E-state index is 12.5. The van der Waals surface area contributed by atoms with Gasteiger partial charge in [-0.25, -0.2) is 0 Å². The molecule has 20 heavy (non-hydrogen) atoms. The van der Waals surface area contributed by atoms with Crippen LogP contribution >= 0.6 is 0 Å². The predicted molar refractivity (Wildman–Crippen MR) is 75.0 cm³/mol. The van der Waals surface area contributed by atoms with E-state index in [1.165, 1.54) is 0 Å². The lowest BCUT2D eigenvalue weighted by molar-refractivity contribution is -0.0509. The molecular weight excluding hydrogens is 264 g/mol. The van der Waals surface area contributed by atoms with Gasteiger partial charge < -0.3 is 15.2 Å². The molecule has 0 radical (unpaired) electrons. The molecule has 0 aromatic heterocycles. The van der Waals surface area contributed by atoms with Gasteiger partial charge in [0.25, 0.3) is 0 Å². The third-order valence-electron chi connectivity index (χ3n) is 3.30. The molecule has 0 aliphatic carbocycles. The fourth-order valence-electron chi connectivity index (χ4n) is 2.16. The summed E-state index contributed by atoms with van der Waals surface area (Å²) in [4.78, 5) is 0. The molecule has 0 spiro atoms. The molecule has 0 aliphatic heterocycles. The van der Waals surface area contributed by atoms with Crippen molar-refractivity contribution >= 4 is 0 Å². The Morgan fingerprint density at radius 1 is 1.30 bits per heavy atom. The zero-order chi connectivity index (χ0) is 15.1. The Kier molecular flexibility index (Phi) is 6.88.